The molecule has 1 unspecified atom stereocenters. The molecular formula is C10H18N2O3. The summed E-state index contributed by atoms with van der Waals surface area (Å²) in [5, 5.41) is 8.55. The Morgan fingerprint density at radius 3 is 2.60 bits per heavy atom. The summed E-state index contributed by atoms with van der Waals surface area (Å²) in [6.07, 6.45) is 0.0182. The molecule has 1 heterocycles. The molecule has 0 saturated carbocycles. The largest absolute Gasteiger partial charge is 0.481 e. The molecule has 1 fully saturated rings. The summed E-state index contributed by atoms with van der Waals surface area (Å²) in [5.41, 5.74) is 0. The molecule has 0 radical (unpaired) electrons. The van der Waals surface area contributed by atoms with Crippen molar-refractivity contribution in [3.63, 3.8) is 0 Å². The van der Waals surface area contributed by atoms with E-state index in [4.69, 9.17) is 5.11 Å². The monoisotopic (exact) mass is 214 g/mol. The summed E-state index contributed by atoms with van der Waals surface area (Å²) in [7, 11) is 1.77. The molecule has 15 heavy (non-hydrogen) atoms. The van der Waals surface area contributed by atoms with Gasteiger partial charge in [-0.2, -0.15) is 0 Å². The van der Waals surface area contributed by atoms with Crippen LogP contribution in [0.2, 0.25) is 0 Å². The fourth-order valence-electron chi connectivity index (χ4n) is 1.87. The number of likely N-dealkylation sites (N-methyl/N-ethyl adjacent to an activating group) is 1. The number of urea groups is 1. The minimum atomic E-state index is -0.863. The number of amides is 2. The zero-order chi connectivity index (χ0) is 11.6. The van der Waals surface area contributed by atoms with Crippen LogP contribution in [0.4, 0.5) is 4.79 Å². The van der Waals surface area contributed by atoms with Gasteiger partial charge >= 0.3 is 12.0 Å². The van der Waals surface area contributed by atoms with Crippen molar-refractivity contribution in [2.75, 3.05) is 20.1 Å². The van der Waals surface area contributed by atoms with E-state index in [0.717, 1.165) is 0 Å². The number of rotatable bonds is 4. The molecule has 1 N–H and O–H groups in total. The third kappa shape index (κ3) is 2.61. The lowest BCUT2D eigenvalue weighted by molar-refractivity contribution is -0.137. The Kier molecular flexibility index (Phi) is 3.55. The van der Waals surface area contributed by atoms with E-state index >= 15 is 0 Å². The second kappa shape index (κ2) is 4.51. The van der Waals surface area contributed by atoms with Crippen molar-refractivity contribution in [2.45, 2.75) is 26.3 Å². The molecule has 0 aromatic rings. The van der Waals surface area contributed by atoms with Crippen molar-refractivity contribution in [1.29, 1.82) is 0 Å². The van der Waals surface area contributed by atoms with Crippen molar-refractivity contribution in [3.8, 4) is 0 Å². The maximum Gasteiger partial charge on any atom is 0.320 e. The highest BCUT2D eigenvalue weighted by atomic mass is 16.4. The molecular weight excluding hydrogens is 196 g/mol. The number of aliphatic carboxylic acids is 1. The maximum absolute atomic E-state index is 11.7. The molecule has 1 aliphatic rings. The van der Waals surface area contributed by atoms with Gasteiger partial charge in [-0.15, -0.1) is 0 Å². The first-order chi connectivity index (χ1) is 6.93. The molecule has 0 bridgehead atoms. The van der Waals surface area contributed by atoms with Gasteiger partial charge in [0.25, 0.3) is 0 Å². The molecule has 5 nitrogen and oxygen atoms in total. The fourth-order valence-corrected chi connectivity index (χ4v) is 1.87. The lowest BCUT2D eigenvalue weighted by Crippen LogP contribution is -2.34. The van der Waals surface area contributed by atoms with Crippen LogP contribution >= 0.6 is 0 Å². The van der Waals surface area contributed by atoms with E-state index in [0.29, 0.717) is 19.0 Å². The molecule has 86 valence electrons. The third-order valence-electron chi connectivity index (χ3n) is 2.84. The van der Waals surface area contributed by atoms with E-state index < -0.39 is 5.97 Å². The van der Waals surface area contributed by atoms with Crippen LogP contribution in [-0.4, -0.2) is 53.1 Å². The zero-order valence-corrected chi connectivity index (χ0v) is 9.43. The molecule has 0 spiro atoms. The van der Waals surface area contributed by atoms with E-state index in [1.165, 1.54) is 0 Å². The average Bonchev–Trinajstić information content (AvgIpc) is 2.41. The number of carboxylic acid groups (broad SMARTS) is 1. The molecule has 1 saturated heterocycles. The number of carbonyl (C=O) groups is 2. The number of nitrogens with zero attached hydrogens (tertiary/aromatic N) is 2. The van der Waals surface area contributed by atoms with Crippen molar-refractivity contribution in [3.05, 3.63) is 0 Å². The molecule has 2 amide bonds. The molecule has 1 rings (SSSR count). The first kappa shape index (κ1) is 11.8. The van der Waals surface area contributed by atoms with Crippen molar-refractivity contribution >= 4 is 12.0 Å². The van der Waals surface area contributed by atoms with E-state index in [2.05, 4.69) is 13.8 Å². The highest BCUT2D eigenvalue weighted by Crippen LogP contribution is 2.20. The minimum absolute atomic E-state index is 0.0182. The summed E-state index contributed by atoms with van der Waals surface area (Å²) in [5.74, 6) is -0.466. The van der Waals surface area contributed by atoms with Gasteiger partial charge in [-0.05, 0) is 5.92 Å². The van der Waals surface area contributed by atoms with Gasteiger partial charge in [0.05, 0.1) is 12.5 Å². The van der Waals surface area contributed by atoms with Crippen LogP contribution in [0.15, 0.2) is 0 Å². The maximum atomic E-state index is 11.7. The number of carbonyl (C=O) groups excluding carboxylic acids is 1. The molecule has 0 aliphatic carbocycles. The molecule has 5 heteroatoms. The van der Waals surface area contributed by atoms with Crippen molar-refractivity contribution in [2.24, 2.45) is 5.92 Å². The second-order valence-corrected chi connectivity index (χ2v) is 4.29. The van der Waals surface area contributed by atoms with Crippen LogP contribution < -0.4 is 0 Å². The predicted molar refractivity (Wildman–Crippen MR) is 55.6 cm³/mol. The van der Waals surface area contributed by atoms with Gasteiger partial charge < -0.3 is 14.9 Å². The predicted octanol–water partition coefficient (Wildman–Crippen LogP) is 0.853. The Bertz CT molecular complexity index is 265. The van der Waals surface area contributed by atoms with Gasteiger partial charge in [0.1, 0.15) is 0 Å². The Morgan fingerprint density at radius 1 is 1.60 bits per heavy atom. The van der Waals surface area contributed by atoms with Crippen molar-refractivity contribution < 1.29 is 14.7 Å². The summed E-state index contributed by atoms with van der Waals surface area (Å²) >= 11 is 0. The second-order valence-electron chi connectivity index (χ2n) is 4.29. The van der Waals surface area contributed by atoms with Crippen LogP contribution in [0.5, 0.6) is 0 Å². The first-order valence-electron chi connectivity index (χ1n) is 5.17. The lowest BCUT2D eigenvalue weighted by Gasteiger charge is -2.20. The van der Waals surface area contributed by atoms with Crippen molar-refractivity contribution in [1.82, 2.24) is 9.80 Å². The summed E-state index contributed by atoms with van der Waals surface area (Å²) in [6, 6.07) is 0.140. The smallest absolute Gasteiger partial charge is 0.320 e. The Labute approximate surface area is 89.7 Å². The van der Waals surface area contributed by atoms with Crippen LogP contribution in [0.3, 0.4) is 0 Å². The van der Waals surface area contributed by atoms with Crippen LogP contribution in [0.25, 0.3) is 0 Å². The topological polar surface area (TPSA) is 60.9 Å². The van der Waals surface area contributed by atoms with Gasteiger partial charge in [0.15, 0.2) is 0 Å². The van der Waals surface area contributed by atoms with Crippen LogP contribution in [-0.2, 0) is 4.79 Å². The average molecular weight is 214 g/mol. The number of carboxylic acids is 1. The van der Waals surface area contributed by atoms with E-state index in [1.54, 1.807) is 16.8 Å². The Morgan fingerprint density at radius 2 is 2.20 bits per heavy atom. The lowest BCUT2D eigenvalue weighted by atomic mass is 10.0. The van der Waals surface area contributed by atoms with Gasteiger partial charge in [0, 0.05) is 20.1 Å². The summed E-state index contributed by atoms with van der Waals surface area (Å²) in [6.45, 7) is 5.08. The highest BCUT2D eigenvalue weighted by molar-refractivity contribution is 5.77. The summed E-state index contributed by atoms with van der Waals surface area (Å²) in [4.78, 5) is 25.4. The minimum Gasteiger partial charge on any atom is -0.481 e. The molecule has 1 atom stereocenters. The molecule has 1 aliphatic heterocycles. The fraction of sp³-hybridized carbons (Fsp3) is 0.800. The third-order valence-corrected chi connectivity index (χ3v) is 2.84. The van der Waals surface area contributed by atoms with Gasteiger partial charge in [-0.1, -0.05) is 13.8 Å². The quantitative estimate of drug-likeness (QED) is 0.754. The number of hydrogen-bond acceptors (Lipinski definition) is 2. The number of hydrogen-bond donors (Lipinski definition) is 1. The van der Waals surface area contributed by atoms with Gasteiger partial charge in [0.2, 0.25) is 0 Å². The Hall–Kier alpha value is -1.26. The SMILES string of the molecule is CC(C)C1CN(CCC(=O)O)C(=O)N1C. The summed E-state index contributed by atoms with van der Waals surface area (Å²) < 4.78 is 0. The molecule has 0 aromatic heterocycles. The van der Waals surface area contributed by atoms with E-state index in [1.807, 2.05) is 0 Å². The van der Waals surface area contributed by atoms with Gasteiger partial charge in [-0.25, -0.2) is 4.79 Å². The van der Waals surface area contributed by atoms with Crippen LogP contribution in [0, 0.1) is 5.92 Å². The molecule has 0 aromatic carbocycles. The van der Waals surface area contributed by atoms with E-state index in [9.17, 15) is 9.59 Å². The standard InChI is InChI=1S/C10H18N2O3/c1-7(2)8-6-12(5-4-9(13)14)10(15)11(8)3/h7-8H,4-6H2,1-3H3,(H,13,14). The van der Waals surface area contributed by atoms with E-state index in [-0.39, 0.29) is 18.5 Å². The first-order valence-corrected chi connectivity index (χ1v) is 5.17. The highest BCUT2D eigenvalue weighted by Gasteiger charge is 2.35. The van der Waals surface area contributed by atoms with Crippen LogP contribution in [0.1, 0.15) is 20.3 Å². The zero-order valence-electron chi connectivity index (χ0n) is 9.43. The normalized spacial score (nSPS) is 21.6. The van der Waals surface area contributed by atoms with Gasteiger partial charge in [-0.3, -0.25) is 4.79 Å². The Balaban J connectivity index is 2.55.